The topological polar surface area (TPSA) is 136 Å². The number of hydrogen-bond acceptors (Lipinski definition) is 4. The van der Waals surface area contributed by atoms with Gasteiger partial charge in [0.15, 0.2) is 5.41 Å². The third kappa shape index (κ3) is 5.79. The van der Waals surface area contributed by atoms with E-state index in [0.717, 1.165) is 19.3 Å². The fraction of sp³-hybridized carbons (Fsp3) is 0.571. The quantitative estimate of drug-likeness (QED) is 0.168. The Morgan fingerprint density at radius 3 is 1.96 bits per heavy atom. The molecule has 1 rings (SSSR count). The van der Waals surface area contributed by atoms with Gasteiger partial charge in [-0.05, 0) is 12.0 Å². The third-order valence-corrected chi connectivity index (χ3v) is 5.29. The van der Waals surface area contributed by atoms with Gasteiger partial charge in [0.25, 0.3) is 5.91 Å². The molecule has 1 aromatic carbocycles. The van der Waals surface area contributed by atoms with E-state index in [4.69, 9.17) is 11.5 Å². The molecule has 0 aliphatic heterocycles. The maximum absolute atomic E-state index is 12.6. The number of rotatable bonds is 14. The highest BCUT2D eigenvalue weighted by molar-refractivity contribution is 6.13. The number of hydroxylamine groups is 1. The molecule has 0 aromatic heterocycles. The van der Waals surface area contributed by atoms with Crippen LogP contribution in [0.5, 0.6) is 0 Å². The monoisotopic (exact) mass is 391 g/mol. The average molecular weight is 392 g/mol. The van der Waals surface area contributed by atoms with Gasteiger partial charge in [-0.2, -0.15) is 0 Å². The Morgan fingerprint density at radius 2 is 1.50 bits per heavy atom. The Morgan fingerprint density at radius 1 is 0.964 bits per heavy atom. The van der Waals surface area contributed by atoms with Crippen LogP contribution in [0.25, 0.3) is 0 Å². The highest BCUT2D eigenvalue weighted by atomic mass is 16.5. The van der Waals surface area contributed by atoms with E-state index in [1.807, 2.05) is 0 Å². The third-order valence-electron chi connectivity index (χ3n) is 5.29. The molecule has 1 aromatic rings. The van der Waals surface area contributed by atoms with Crippen molar-refractivity contribution in [3.63, 3.8) is 0 Å². The molecule has 0 saturated heterocycles. The summed E-state index contributed by atoms with van der Waals surface area (Å²) in [6.45, 7) is 2.17. The number of carbonyl (C=O) groups excluding carboxylic acids is 3. The van der Waals surface area contributed by atoms with Crippen LogP contribution >= 0.6 is 0 Å². The van der Waals surface area contributed by atoms with Crippen LogP contribution in [0.15, 0.2) is 30.3 Å². The summed E-state index contributed by atoms with van der Waals surface area (Å²) < 4.78 is 0. The minimum atomic E-state index is -2.05. The van der Waals surface area contributed by atoms with E-state index in [1.54, 1.807) is 18.2 Å². The normalized spacial score (nSPS) is 14.1. The molecule has 28 heavy (non-hydrogen) atoms. The lowest BCUT2D eigenvalue weighted by atomic mass is 9.66. The van der Waals surface area contributed by atoms with Crippen LogP contribution in [0, 0.1) is 5.92 Å². The van der Waals surface area contributed by atoms with E-state index in [2.05, 4.69) is 6.92 Å². The summed E-state index contributed by atoms with van der Waals surface area (Å²) in [5, 5.41) is 9.26. The lowest BCUT2D eigenvalue weighted by molar-refractivity contribution is -0.149. The molecular formula is C21H33N3O4. The number of benzene rings is 1. The van der Waals surface area contributed by atoms with Gasteiger partial charge in [0.1, 0.15) is 0 Å². The molecule has 0 saturated carbocycles. The van der Waals surface area contributed by atoms with Gasteiger partial charge in [-0.3, -0.25) is 19.6 Å². The van der Waals surface area contributed by atoms with Crippen molar-refractivity contribution < 1.29 is 19.6 Å². The molecule has 2 atom stereocenters. The molecule has 0 radical (unpaired) electrons. The van der Waals surface area contributed by atoms with Crippen molar-refractivity contribution in [2.75, 3.05) is 0 Å². The van der Waals surface area contributed by atoms with Crippen LogP contribution in [-0.4, -0.2) is 22.9 Å². The van der Waals surface area contributed by atoms with Gasteiger partial charge < -0.3 is 11.5 Å². The lowest BCUT2D eigenvalue weighted by Gasteiger charge is -2.34. The number of nitrogens with one attached hydrogen (secondary N) is 1. The molecule has 2 unspecified atom stereocenters. The smallest absolute Gasteiger partial charge is 0.264 e. The van der Waals surface area contributed by atoms with E-state index in [9.17, 15) is 19.6 Å². The fourth-order valence-corrected chi connectivity index (χ4v) is 3.76. The molecule has 0 spiro atoms. The van der Waals surface area contributed by atoms with Crippen LogP contribution in [-0.2, 0) is 19.8 Å². The second-order valence-electron chi connectivity index (χ2n) is 7.20. The molecule has 7 nitrogen and oxygen atoms in total. The number of amides is 3. The van der Waals surface area contributed by atoms with Crippen molar-refractivity contribution in [3.05, 3.63) is 35.9 Å². The summed E-state index contributed by atoms with van der Waals surface area (Å²) in [6, 6.07) is 8.04. The minimum absolute atomic E-state index is 0.232. The van der Waals surface area contributed by atoms with Gasteiger partial charge in [-0.15, -0.1) is 0 Å². The molecule has 0 fully saturated rings. The Kier molecular flexibility index (Phi) is 10.2. The second kappa shape index (κ2) is 12.1. The Labute approximate surface area is 166 Å². The first-order valence-electron chi connectivity index (χ1n) is 10.0. The SMILES string of the molecule is CCCCCCCCCCC(C(N)=O)C(C(N)=O)(C(=O)NO)c1ccccc1. The van der Waals surface area contributed by atoms with Crippen LogP contribution in [0.1, 0.15) is 70.3 Å². The zero-order valence-corrected chi connectivity index (χ0v) is 16.7. The number of unbranched alkanes of at least 4 members (excludes halogenated alkanes) is 7. The van der Waals surface area contributed by atoms with Gasteiger partial charge >= 0.3 is 0 Å². The van der Waals surface area contributed by atoms with Gasteiger partial charge in [0, 0.05) is 0 Å². The number of carbonyl (C=O) groups is 3. The fourth-order valence-electron chi connectivity index (χ4n) is 3.76. The van der Waals surface area contributed by atoms with Crippen molar-refractivity contribution in [3.8, 4) is 0 Å². The van der Waals surface area contributed by atoms with Crippen molar-refractivity contribution in [2.24, 2.45) is 17.4 Å². The van der Waals surface area contributed by atoms with E-state index in [1.165, 1.54) is 43.3 Å². The van der Waals surface area contributed by atoms with E-state index in [-0.39, 0.29) is 12.0 Å². The van der Waals surface area contributed by atoms with Crippen molar-refractivity contribution in [2.45, 2.75) is 70.1 Å². The molecular weight excluding hydrogens is 358 g/mol. The van der Waals surface area contributed by atoms with Crippen LogP contribution < -0.4 is 16.9 Å². The highest BCUT2D eigenvalue weighted by Gasteiger charge is 2.54. The highest BCUT2D eigenvalue weighted by Crippen LogP contribution is 2.36. The molecule has 6 N–H and O–H groups in total. The van der Waals surface area contributed by atoms with Crippen LogP contribution in [0.4, 0.5) is 0 Å². The summed E-state index contributed by atoms with van der Waals surface area (Å²) in [7, 11) is 0. The number of hydrogen-bond donors (Lipinski definition) is 4. The molecule has 7 heteroatoms. The van der Waals surface area contributed by atoms with Gasteiger partial charge in [-0.1, -0.05) is 88.6 Å². The largest absolute Gasteiger partial charge is 0.369 e. The predicted octanol–water partition coefficient (Wildman–Crippen LogP) is 2.55. The standard InChI is InChI=1S/C21H33N3O4/c1-2-3-4-5-6-7-8-12-15-17(18(22)25)21(19(23)26,20(27)24-28)16-13-10-9-11-14-16/h9-11,13-14,17,28H,2-8,12,15H2,1H3,(H2,22,25)(H2,23,26)(H,24,27). The van der Waals surface area contributed by atoms with E-state index in [0.29, 0.717) is 6.42 Å². The molecule has 0 heterocycles. The van der Waals surface area contributed by atoms with E-state index < -0.39 is 29.1 Å². The summed E-state index contributed by atoms with van der Waals surface area (Å²) in [4.78, 5) is 37.3. The predicted molar refractivity (Wildman–Crippen MR) is 107 cm³/mol. The first-order chi connectivity index (χ1) is 13.4. The summed E-state index contributed by atoms with van der Waals surface area (Å²) >= 11 is 0. The van der Waals surface area contributed by atoms with Gasteiger partial charge in [0.2, 0.25) is 11.8 Å². The summed E-state index contributed by atoms with van der Waals surface area (Å²) in [5.74, 6) is -4.02. The Bertz CT molecular complexity index is 636. The van der Waals surface area contributed by atoms with Gasteiger partial charge in [-0.25, -0.2) is 5.48 Å². The molecule has 3 amide bonds. The zero-order valence-electron chi connectivity index (χ0n) is 16.7. The first kappa shape index (κ1) is 23.6. The van der Waals surface area contributed by atoms with Gasteiger partial charge in [0.05, 0.1) is 5.92 Å². The van der Waals surface area contributed by atoms with Crippen LogP contribution in [0.2, 0.25) is 0 Å². The maximum atomic E-state index is 12.6. The Hall–Kier alpha value is -2.41. The minimum Gasteiger partial charge on any atom is -0.369 e. The van der Waals surface area contributed by atoms with E-state index >= 15 is 0 Å². The van der Waals surface area contributed by atoms with Crippen molar-refractivity contribution in [1.29, 1.82) is 0 Å². The number of nitrogens with two attached hydrogens (primary N) is 2. The molecule has 0 aliphatic rings. The molecule has 0 aliphatic carbocycles. The first-order valence-corrected chi connectivity index (χ1v) is 10.0. The Balaban J connectivity index is 2.96. The maximum Gasteiger partial charge on any atom is 0.264 e. The molecule has 0 bridgehead atoms. The summed E-state index contributed by atoms with van der Waals surface area (Å²) in [5.41, 5.74) is 10.9. The second-order valence-corrected chi connectivity index (χ2v) is 7.20. The van der Waals surface area contributed by atoms with Crippen molar-refractivity contribution >= 4 is 17.7 Å². The zero-order chi connectivity index (χ0) is 21.0. The number of primary amides is 2. The lowest BCUT2D eigenvalue weighted by Crippen LogP contribution is -2.60. The molecule has 156 valence electrons. The van der Waals surface area contributed by atoms with Crippen molar-refractivity contribution in [1.82, 2.24) is 5.48 Å². The average Bonchev–Trinajstić information content (AvgIpc) is 2.69. The van der Waals surface area contributed by atoms with Crippen LogP contribution in [0.3, 0.4) is 0 Å². The summed E-state index contributed by atoms with van der Waals surface area (Å²) in [6.07, 6.45) is 8.66.